The van der Waals surface area contributed by atoms with Crippen molar-refractivity contribution >= 4 is 5.97 Å². The van der Waals surface area contributed by atoms with Gasteiger partial charge in [-0.2, -0.15) is 0 Å². The van der Waals surface area contributed by atoms with Gasteiger partial charge >= 0.3 is 5.97 Å². The highest BCUT2D eigenvalue weighted by molar-refractivity contribution is 5.71. The fourth-order valence-corrected chi connectivity index (χ4v) is 3.27. The molecule has 0 unspecified atom stereocenters. The minimum Gasteiger partial charge on any atom is -0.481 e. The van der Waals surface area contributed by atoms with Gasteiger partial charge in [-0.3, -0.25) is 4.79 Å². The van der Waals surface area contributed by atoms with Crippen molar-refractivity contribution < 1.29 is 19.0 Å². The number of benzene rings is 1. The Morgan fingerprint density at radius 1 is 1.31 bits per heavy atom. The van der Waals surface area contributed by atoms with Gasteiger partial charge in [-0.05, 0) is 58.2 Å². The van der Waals surface area contributed by atoms with Crippen LogP contribution in [0.5, 0.6) is 5.88 Å². The number of carbonyl (C=O) groups is 1. The second-order valence-electron chi connectivity index (χ2n) is 7.67. The Morgan fingerprint density at radius 2 is 2.00 bits per heavy atom. The Bertz CT molecular complexity index is 800. The molecule has 0 aliphatic heterocycles. The Morgan fingerprint density at radius 3 is 2.58 bits per heavy atom. The number of aromatic nitrogens is 1. The number of methoxy groups -OCH3 is 1. The largest absolute Gasteiger partial charge is 0.481 e. The van der Waals surface area contributed by atoms with E-state index in [-0.39, 0.29) is 18.2 Å². The van der Waals surface area contributed by atoms with Gasteiger partial charge in [0.05, 0.1) is 13.5 Å². The molecule has 0 amide bonds. The molecule has 0 saturated carbocycles. The van der Waals surface area contributed by atoms with Gasteiger partial charge in [0.25, 0.3) is 0 Å². The average molecular weight is 359 g/mol. The molecular formula is C21H26FNO3. The lowest BCUT2D eigenvalue weighted by Crippen LogP contribution is -2.21. The first-order valence-corrected chi connectivity index (χ1v) is 8.67. The summed E-state index contributed by atoms with van der Waals surface area (Å²) in [7, 11) is 1.54. The molecule has 0 radical (unpaired) electrons. The fourth-order valence-electron chi connectivity index (χ4n) is 3.27. The molecule has 0 fully saturated rings. The van der Waals surface area contributed by atoms with E-state index in [1.54, 1.807) is 18.3 Å². The highest BCUT2D eigenvalue weighted by Gasteiger charge is 2.26. The van der Waals surface area contributed by atoms with E-state index < -0.39 is 11.4 Å². The lowest BCUT2D eigenvalue weighted by molar-refractivity contribution is -0.139. The molecule has 0 aliphatic rings. The smallest absolute Gasteiger partial charge is 0.303 e. The molecule has 140 valence electrons. The van der Waals surface area contributed by atoms with E-state index in [2.05, 4.69) is 4.98 Å². The lowest BCUT2D eigenvalue weighted by atomic mass is 9.77. The Balaban J connectivity index is 2.64. The van der Waals surface area contributed by atoms with Crippen LogP contribution in [-0.2, 0) is 11.2 Å². The molecule has 2 rings (SSSR count). The van der Waals surface area contributed by atoms with Crippen molar-refractivity contribution in [2.45, 2.75) is 46.5 Å². The second kappa shape index (κ2) is 7.85. The molecule has 0 spiro atoms. The topological polar surface area (TPSA) is 59.4 Å². The third-order valence-corrected chi connectivity index (χ3v) is 4.41. The lowest BCUT2D eigenvalue weighted by Gasteiger charge is -2.27. The molecule has 0 aliphatic carbocycles. The van der Waals surface area contributed by atoms with E-state index in [0.717, 1.165) is 22.3 Å². The molecule has 5 heteroatoms. The molecular weight excluding hydrogens is 333 g/mol. The molecule has 0 saturated heterocycles. The predicted molar refractivity (Wildman–Crippen MR) is 100 cm³/mol. The summed E-state index contributed by atoms with van der Waals surface area (Å²) in [6.07, 6.45) is 2.20. The van der Waals surface area contributed by atoms with Gasteiger partial charge in [-0.15, -0.1) is 0 Å². The number of aliphatic carboxylic acids is 1. The van der Waals surface area contributed by atoms with Crippen LogP contribution in [-0.4, -0.2) is 23.2 Å². The number of nitrogens with zero attached hydrogens (tertiary/aromatic N) is 1. The van der Waals surface area contributed by atoms with Crippen LogP contribution in [0.2, 0.25) is 0 Å². The Kier molecular flexibility index (Phi) is 6.01. The number of halogens is 1. The number of hydrogen-bond donors (Lipinski definition) is 1. The van der Waals surface area contributed by atoms with Crippen LogP contribution in [0.3, 0.4) is 0 Å². The van der Waals surface area contributed by atoms with E-state index in [1.807, 2.05) is 33.8 Å². The first-order chi connectivity index (χ1) is 12.1. The summed E-state index contributed by atoms with van der Waals surface area (Å²) >= 11 is 0. The van der Waals surface area contributed by atoms with Crippen LogP contribution in [0.4, 0.5) is 4.39 Å². The number of rotatable bonds is 7. The van der Waals surface area contributed by atoms with Crippen molar-refractivity contribution in [1.82, 2.24) is 4.98 Å². The average Bonchev–Trinajstić information content (AvgIpc) is 2.54. The summed E-state index contributed by atoms with van der Waals surface area (Å²) in [5.41, 5.74) is 2.97. The quantitative estimate of drug-likeness (QED) is 0.750. The molecule has 1 heterocycles. The summed E-state index contributed by atoms with van der Waals surface area (Å²) in [5, 5.41) is 9.22. The summed E-state index contributed by atoms with van der Waals surface area (Å²) in [4.78, 5) is 15.3. The SMILES string of the molecule is COc1cc(-c2cc(F)cc(C(C)C)c2CC(C)(C)CC(=O)O)ccn1. The highest BCUT2D eigenvalue weighted by Crippen LogP contribution is 2.37. The molecule has 1 N–H and O–H groups in total. The van der Waals surface area contributed by atoms with Crippen molar-refractivity contribution in [3.63, 3.8) is 0 Å². The van der Waals surface area contributed by atoms with E-state index >= 15 is 0 Å². The van der Waals surface area contributed by atoms with E-state index in [9.17, 15) is 14.3 Å². The van der Waals surface area contributed by atoms with Gasteiger partial charge in [0.15, 0.2) is 0 Å². The zero-order chi connectivity index (χ0) is 19.5. The maximum atomic E-state index is 14.3. The van der Waals surface area contributed by atoms with Crippen molar-refractivity contribution in [1.29, 1.82) is 0 Å². The monoisotopic (exact) mass is 359 g/mol. The first-order valence-electron chi connectivity index (χ1n) is 8.67. The Labute approximate surface area is 154 Å². The first kappa shape index (κ1) is 19.9. The molecule has 0 atom stereocenters. The highest BCUT2D eigenvalue weighted by atomic mass is 19.1. The predicted octanol–water partition coefficient (Wildman–Crippen LogP) is 5.06. The van der Waals surface area contributed by atoms with Gasteiger partial charge in [-0.25, -0.2) is 9.37 Å². The molecule has 2 aromatic rings. The minimum atomic E-state index is -0.838. The van der Waals surface area contributed by atoms with Gasteiger partial charge < -0.3 is 9.84 Å². The van der Waals surface area contributed by atoms with E-state index in [4.69, 9.17) is 4.74 Å². The van der Waals surface area contributed by atoms with E-state index in [1.165, 1.54) is 13.2 Å². The second-order valence-corrected chi connectivity index (χ2v) is 7.67. The van der Waals surface area contributed by atoms with Crippen LogP contribution >= 0.6 is 0 Å². The zero-order valence-corrected chi connectivity index (χ0v) is 16.0. The maximum Gasteiger partial charge on any atom is 0.303 e. The van der Waals surface area contributed by atoms with Gasteiger partial charge in [0, 0.05) is 12.3 Å². The summed E-state index contributed by atoms with van der Waals surface area (Å²) in [5.74, 6) is -0.577. The van der Waals surface area contributed by atoms with Crippen LogP contribution in [0.25, 0.3) is 11.1 Å². The number of hydrogen-bond acceptors (Lipinski definition) is 3. The van der Waals surface area contributed by atoms with Crippen molar-refractivity contribution in [3.05, 3.63) is 47.4 Å². The van der Waals surface area contributed by atoms with Crippen molar-refractivity contribution in [2.75, 3.05) is 7.11 Å². The molecule has 0 bridgehead atoms. The maximum absolute atomic E-state index is 14.3. The van der Waals surface area contributed by atoms with Crippen LogP contribution in [0, 0.1) is 11.2 Å². The van der Waals surface area contributed by atoms with E-state index in [0.29, 0.717) is 12.3 Å². The van der Waals surface area contributed by atoms with Crippen LogP contribution < -0.4 is 4.74 Å². The Hall–Kier alpha value is -2.43. The summed E-state index contributed by atoms with van der Waals surface area (Å²) < 4.78 is 19.5. The normalized spacial score (nSPS) is 11.7. The number of carboxylic acids is 1. The van der Waals surface area contributed by atoms with Gasteiger partial charge in [0.1, 0.15) is 5.82 Å². The number of ether oxygens (including phenoxy) is 1. The van der Waals surface area contributed by atoms with Crippen molar-refractivity contribution in [3.8, 4) is 17.0 Å². The van der Waals surface area contributed by atoms with Gasteiger partial charge in [-0.1, -0.05) is 27.7 Å². The molecule has 4 nitrogen and oxygen atoms in total. The van der Waals surface area contributed by atoms with Gasteiger partial charge in [0.2, 0.25) is 5.88 Å². The molecule has 1 aromatic carbocycles. The number of carboxylic acid groups (broad SMARTS) is 1. The van der Waals surface area contributed by atoms with Crippen molar-refractivity contribution in [2.24, 2.45) is 5.41 Å². The third kappa shape index (κ3) is 4.81. The standard InChI is InChI=1S/C21H26FNO3/c1-13(2)16-9-15(22)10-17(14-6-7-23-19(8-14)26-5)18(16)11-21(3,4)12-20(24)25/h6-10,13H,11-12H2,1-5H3,(H,24,25). The molecule has 26 heavy (non-hydrogen) atoms. The fraction of sp³-hybridized carbons (Fsp3) is 0.429. The summed E-state index contributed by atoms with van der Waals surface area (Å²) in [6.45, 7) is 7.87. The molecule has 1 aromatic heterocycles. The third-order valence-electron chi connectivity index (χ3n) is 4.41. The zero-order valence-electron chi connectivity index (χ0n) is 16.0. The van der Waals surface area contributed by atoms with Crippen LogP contribution in [0.1, 0.15) is 51.2 Å². The number of pyridine rings is 1. The van der Waals surface area contributed by atoms with Crippen LogP contribution in [0.15, 0.2) is 30.5 Å². The summed E-state index contributed by atoms with van der Waals surface area (Å²) in [6, 6.07) is 6.65. The minimum absolute atomic E-state index is 0.0427.